The monoisotopic (exact) mass is 393 g/mol. The van der Waals surface area contributed by atoms with Gasteiger partial charge in [0.05, 0.1) is 7.11 Å². The van der Waals surface area contributed by atoms with Crippen molar-refractivity contribution >= 4 is 5.97 Å². The summed E-state index contributed by atoms with van der Waals surface area (Å²) in [4.78, 5) is 14.4. The molecule has 4 nitrogen and oxygen atoms in total. The molecule has 1 fully saturated rings. The predicted octanol–water partition coefficient (Wildman–Crippen LogP) is 4.97. The number of hydrogen-bond acceptors (Lipinski definition) is 3. The Morgan fingerprint density at radius 2 is 1.86 bits per heavy atom. The van der Waals surface area contributed by atoms with Gasteiger partial charge in [-0.1, -0.05) is 69.3 Å². The standard InChI is InChI=1S/C25H31NO3/c1-25(2,3)23(24(27)28)14-20-16-26(15-18-9-6-5-7-10-18)17-22(20)19-11-8-12-21(13-19)29-4/h5-14,20,22H,15-17H2,1-4H3,(H,27,28)/b23-14-/t20-,22+/m1/s1. The summed E-state index contributed by atoms with van der Waals surface area (Å²) in [5.74, 6) is 0.367. The fraction of sp³-hybridized carbons (Fsp3) is 0.400. The van der Waals surface area contributed by atoms with Crippen LogP contribution in [0.25, 0.3) is 0 Å². The number of likely N-dealkylation sites (tertiary alicyclic amines) is 1. The lowest BCUT2D eigenvalue weighted by atomic mass is 9.81. The van der Waals surface area contributed by atoms with Crippen LogP contribution in [-0.4, -0.2) is 36.2 Å². The molecule has 0 unspecified atom stereocenters. The van der Waals surface area contributed by atoms with Gasteiger partial charge in [-0.05, 0) is 34.6 Å². The molecular weight excluding hydrogens is 362 g/mol. The van der Waals surface area contributed by atoms with Gasteiger partial charge >= 0.3 is 5.97 Å². The van der Waals surface area contributed by atoms with E-state index in [0.29, 0.717) is 5.57 Å². The van der Waals surface area contributed by atoms with E-state index < -0.39 is 11.4 Å². The van der Waals surface area contributed by atoms with Crippen molar-refractivity contribution < 1.29 is 14.6 Å². The lowest BCUT2D eigenvalue weighted by Crippen LogP contribution is -2.21. The second-order valence-corrected chi connectivity index (χ2v) is 8.86. The number of hydrogen-bond donors (Lipinski definition) is 1. The van der Waals surface area contributed by atoms with E-state index in [1.165, 1.54) is 11.1 Å². The molecule has 3 rings (SSSR count). The fourth-order valence-electron chi connectivity index (χ4n) is 4.13. The lowest BCUT2D eigenvalue weighted by molar-refractivity contribution is -0.133. The van der Waals surface area contributed by atoms with Crippen molar-refractivity contribution in [3.8, 4) is 5.75 Å². The molecule has 0 aliphatic carbocycles. The minimum Gasteiger partial charge on any atom is -0.497 e. The molecule has 4 heteroatoms. The van der Waals surface area contributed by atoms with E-state index >= 15 is 0 Å². The highest BCUT2D eigenvalue weighted by Crippen LogP contribution is 2.38. The molecule has 1 heterocycles. The van der Waals surface area contributed by atoms with Crippen LogP contribution < -0.4 is 4.74 Å². The Hall–Kier alpha value is -2.59. The Kier molecular flexibility index (Phi) is 6.43. The Morgan fingerprint density at radius 3 is 2.48 bits per heavy atom. The van der Waals surface area contributed by atoms with Crippen molar-refractivity contribution in [3.05, 3.63) is 77.4 Å². The Bertz CT molecular complexity index is 867. The van der Waals surface area contributed by atoms with E-state index in [1.54, 1.807) is 7.11 Å². The van der Waals surface area contributed by atoms with E-state index in [2.05, 4.69) is 41.3 Å². The second-order valence-electron chi connectivity index (χ2n) is 8.86. The first kappa shape index (κ1) is 21.1. The molecule has 0 bridgehead atoms. The van der Waals surface area contributed by atoms with Gasteiger partial charge in [-0.2, -0.15) is 0 Å². The number of methoxy groups -OCH3 is 1. The Balaban J connectivity index is 1.93. The summed E-state index contributed by atoms with van der Waals surface area (Å²) in [7, 11) is 1.68. The molecule has 2 aromatic carbocycles. The SMILES string of the molecule is COc1cccc([C@@H]2CN(Cc3ccccc3)C[C@H]2/C=C(/C(=O)O)C(C)(C)C)c1. The first-order valence-electron chi connectivity index (χ1n) is 10.1. The van der Waals surface area contributed by atoms with Gasteiger partial charge in [-0.3, -0.25) is 4.90 Å². The number of ether oxygens (including phenoxy) is 1. The molecule has 0 radical (unpaired) electrons. The van der Waals surface area contributed by atoms with Crippen molar-refractivity contribution in [1.29, 1.82) is 0 Å². The molecule has 29 heavy (non-hydrogen) atoms. The van der Waals surface area contributed by atoms with Crippen molar-refractivity contribution in [2.45, 2.75) is 33.2 Å². The van der Waals surface area contributed by atoms with Crippen LogP contribution in [0.5, 0.6) is 5.75 Å². The highest BCUT2D eigenvalue weighted by molar-refractivity contribution is 5.88. The summed E-state index contributed by atoms with van der Waals surface area (Å²) in [6.45, 7) is 8.48. The molecule has 2 aromatic rings. The van der Waals surface area contributed by atoms with E-state index in [9.17, 15) is 9.90 Å². The zero-order valence-corrected chi connectivity index (χ0v) is 17.8. The molecule has 1 aliphatic heterocycles. The molecule has 1 N–H and O–H groups in total. The van der Waals surface area contributed by atoms with Crippen LogP contribution in [0.1, 0.15) is 37.8 Å². The minimum atomic E-state index is -0.830. The van der Waals surface area contributed by atoms with Crippen LogP contribution in [0.4, 0.5) is 0 Å². The third-order valence-electron chi connectivity index (χ3n) is 5.63. The van der Waals surface area contributed by atoms with Gasteiger partial charge in [0.2, 0.25) is 0 Å². The maximum atomic E-state index is 11.9. The van der Waals surface area contributed by atoms with Crippen molar-refractivity contribution in [1.82, 2.24) is 4.90 Å². The molecule has 0 amide bonds. The first-order chi connectivity index (χ1) is 13.8. The molecule has 0 aromatic heterocycles. The second kappa shape index (κ2) is 8.83. The zero-order valence-electron chi connectivity index (χ0n) is 17.8. The Morgan fingerprint density at radius 1 is 1.14 bits per heavy atom. The van der Waals surface area contributed by atoms with Gasteiger partial charge in [0.1, 0.15) is 5.75 Å². The van der Waals surface area contributed by atoms with Gasteiger partial charge in [0.15, 0.2) is 0 Å². The number of carboxylic acids is 1. The van der Waals surface area contributed by atoms with Gasteiger partial charge in [0, 0.05) is 31.1 Å². The fourth-order valence-corrected chi connectivity index (χ4v) is 4.13. The lowest BCUT2D eigenvalue weighted by Gasteiger charge is -2.23. The van der Waals surface area contributed by atoms with Crippen molar-refractivity contribution in [2.75, 3.05) is 20.2 Å². The zero-order chi connectivity index (χ0) is 21.0. The van der Waals surface area contributed by atoms with Crippen molar-refractivity contribution in [3.63, 3.8) is 0 Å². The van der Waals surface area contributed by atoms with E-state index in [4.69, 9.17) is 4.74 Å². The quantitative estimate of drug-likeness (QED) is 0.704. The molecule has 0 spiro atoms. The number of carboxylic acid groups (broad SMARTS) is 1. The number of rotatable bonds is 6. The van der Waals surface area contributed by atoms with Crippen LogP contribution in [0.2, 0.25) is 0 Å². The van der Waals surface area contributed by atoms with E-state index in [1.807, 2.05) is 45.0 Å². The summed E-state index contributed by atoms with van der Waals surface area (Å²) < 4.78 is 5.42. The minimum absolute atomic E-state index is 0.135. The average molecular weight is 394 g/mol. The predicted molar refractivity (Wildman–Crippen MR) is 116 cm³/mol. The summed E-state index contributed by atoms with van der Waals surface area (Å²) in [5.41, 5.74) is 2.55. The molecule has 2 atom stereocenters. The van der Waals surface area contributed by atoms with E-state index in [-0.39, 0.29) is 11.8 Å². The van der Waals surface area contributed by atoms with Crippen LogP contribution >= 0.6 is 0 Å². The number of carbonyl (C=O) groups is 1. The average Bonchev–Trinajstić information content (AvgIpc) is 3.08. The Labute approximate surface area is 173 Å². The first-order valence-corrected chi connectivity index (χ1v) is 10.1. The summed E-state index contributed by atoms with van der Waals surface area (Å²) in [5, 5.41) is 9.81. The van der Waals surface area contributed by atoms with Gasteiger partial charge in [-0.15, -0.1) is 0 Å². The third-order valence-corrected chi connectivity index (χ3v) is 5.63. The third kappa shape index (κ3) is 5.27. The number of aliphatic carboxylic acids is 1. The van der Waals surface area contributed by atoms with E-state index in [0.717, 1.165) is 25.4 Å². The topological polar surface area (TPSA) is 49.8 Å². The van der Waals surface area contributed by atoms with Crippen LogP contribution in [0.15, 0.2) is 66.2 Å². The maximum Gasteiger partial charge on any atom is 0.331 e. The molecule has 1 aliphatic rings. The highest BCUT2D eigenvalue weighted by atomic mass is 16.5. The van der Waals surface area contributed by atoms with Gasteiger partial charge in [0.25, 0.3) is 0 Å². The largest absolute Gasteiger partial charge is 0.497 e. The van der Waals surface area contributed by atoms with Crippen LogP contribution in [0, 0.1) is 11.3 Å². The highest BCUT2D eigenvalue weighted by Gasteiger charge is 2.35. The van der Waals surface area contributed by atoms with Crippen LogP contribution in [0.3, 0.4) is 0 Å². The smallest absolute Gasteiger partial charge is 0.331 e. The molecule has 0 saturated carbocycles. The number of nitrogens with zero attached hydrogens (tertiary/aromatic N) is 1. The summed E-state index contributed by atoms with van der Waals surface area (Å²) in [6, 6.07) is 18.6. The maximum absolute atomic E-state index is 11.9. The molecule has 154 valence electrons. The normalized spacial score (nSPS) is 20.6. The van der Waals surface area contributed by atoms with Gasteiger partial charge < -0.3 is 9.84 Å². The molecule has 1 saturated heterocycles. The van der Waals surface area contributed by atoms with Crippen molar-refractivity contribution in [2.24, 2.45) is 11.3 Å². The summed E-state index contributed by atoms with van der Waals surface area (Å²) in [6.07, 6.45) is 2.00. The number of benzene rings is 2. The summed E-state index contributed by atoms with van der Waals surface area (Å²) >= 11 is 0. The molecular formula is C25H31NO3. The van der Waals surface area contributed by atoms with Crippen LogP contribution in [-0.2, 0) is 11.3 Å². The van der Waals surface area contributed by atoms with Gasteiger partial charge in [-0.25, -0.2) is 4.79 Å².